The Hall–Kier alpha value is -3.45. The largest absolute Gasteiger partial charge is 0.382 e. The Kier molecular flexibility index (Phi) is 7.43. The molecule has 0 spiro atoms. The first-order valence-electron chi connectivity index (χ1n) is 9.55. The zero-order chi connectivity index (χ0) is 23.3. The van der Waals surface area contributed by atoms with Gasteiger partial charge in [-0.1, -0.05) is 0 Å². The fraction of sp³-hybridized carbons (Fsp3) is 0.316. The van der Waals surface area contributed by atoms with Crippen LogP contribution in [0.1, 0.15) is 19.8 Å². The van der Waals surface area contributed by atoms with E-state index < -0.39 is 21.2 Å². The number of ether oxygens (including phenoxy) is 1. The van der Waals surface area contributed by atoms with E-state index in [2.05, 4.69) is 36.8 Å². The molecule has 12 nitrogen and oxygen atoms in total. The fourth-order valence-corrected chi connectivity index (χ4v) is 3.60. The molecule has 1 aliphatic heterocycles. The van der Waals surface area contributed by atoms with Crippen LogP contribution in [0.25, 0.3) is 0 Å². The summed E-state index contributed by atoms with van der Waals surface area (Å²) in [5.74, 6) is -0.333. The number of amides is 1. The van der Waals surface area contributed by atoms with Gasteiger partial charge in [0, 0.05) is 31.8 Å². The van der Waals surface area contributed by atoms with Gasteiger partial charge in [-0.25, -0.2) is 0 Å². The summed E-state index contributed by atoms with van der Waals surface area (Å²) in [7, 11) is 0. The molecule has 1 saturated heterocycles. The van der Waals surface area contributed by atoms with Crippen LogP contribution in [0.5, 0.6) is 0 Å². The Morgan fingerprint density at radius 1 is 1.22 bits per heavy atom. The Bertz CT molecular complexity index is 1090. The third-order valence-electron chi connectivity index (χ3n) is 4.56. The molecule has 1 unspecified atom stereocenters. The van der Waals surface area contributed by atoms with Crippen molar-refractivity contribution < 1.29 is 19.4 Å². The molecule has 32 heavy (non-hydrogen) atoms. The van der Waals surface area contributed by atoms with Crippen LogP contribution < -0.4 is 10.6 Å². The van der Waals surface area contributed by atoms with E-state index in [-0.39, 0.29) is 27.9 Å². The third kappa shape index (κ3) is 5.82. The number of anilines is 2. The minimum absolute atomic E-state index is 0.0399. The van der Waals surface area contributed by atoms with Crippen molar-refractivity contribution in [1.82, 2.24) is 0 Å². The molecule has 1 aliphatic rings. The van der Waals surface area contributed by atoms with Gasteiger partial charge in [-0.15, -0.1) is 10.2 Å². The summed E-state index contributed by atoms with van der Waals surface area (Å²) in [6, 6.07) is 6.91. The summed E-state index contributed by atoms with van der Waals surface area (Å²) < 4.78 is 5.62. The number of halogens is 1. The van der Waals surface area contributed by atoms with E-state index in [1.165, 1.54) is 6.92 Å². The van der Waals surface area contributed by atoms with E-state index in [1.54, 1.807) is 18.2 Å². The highest BCUT2D eigenvalue weighted by molar-refractivity contribution is 9.10. The number of rotatable bonds is 8. The van der Waals surface area contributed by atoms with E-state index in [4.69, 9.17) is 4.74 Å². The van der Waals surface area contributed by atoms with Gasteiger partial charge in [-0.2, -0.15) is 0 Å². The van der Waals surface area contributed by atoms with Crippen molar-refractivity contribution in [2.75, 3.05) is 23.8 Å². The topological polar surface area (TPSA) is 161 Å². The molecule has 2 aromatic carbocycles. The van der Waals surface area contributed by atoms with Crippen LogP contribution in [0.2, 0.25) is 0 Å². The van der Waals surface area contributed by atoms with Crippen LogP contribution in [0.3, 0.4) is 0 Å². The number of carbonyl (C=O) groups excluding carboxylic acids is 1. The Labute approximate surface area is 190 Å². The number of nitro groups is 2. The van der Waals surface area contributed by atoms with Crippen LogP contribution in [-0.4, -0.2) is 35.0 Å². The molecule has 0 aromatic heterocycles. The first-order chi connectivity index (χ1) is 15.2. The first-order valence-corrected chi connectivity index (χ1v) is 10.3. The molecule has 0 radical (unpaired) electrons. The Morgan fingerprint density at radius 2 is 2.00 bits per heavy atom. The van der Waals surface area contributed by atoms with Crippen LogP contribution in [0.15, 0.2) is 45.0 Å². The fourth-order valence-electron chi connectivity index (χ4n) is 3.08. The first kappa shape index (κ1) is 23.2. The zero-order valence-corrected chi connectivity index (χ0v) is 18.5. The minimum Gasteiger partial charge on any atom is -0.382 e. The minimum atomic E-state index is -0.779. The van der Waals surface area contributed by atoms with Crippen LogP contribution in [0, 0.1) is 20.2 Å². The SMILES string of the molecule is CC(=O)Nc1cc(NCC2CCCO2)ccc1N=Nc1c(Br)cc([N+](=O)[O-])cc1[N+](=O)[O-]. The molecule has 168 valence electrons. The number of hydrogen-bond donors (Lipinski definition) is 2. The van der Waals surface area contributed by atoms with Crippen molar-refractivity contribution in [1.29, 1.82) is 0 Å². The summed E-state index contributed by atoms with van der Waals surface area (Å²) in [5, 5.41) is 36.2. The molecule has 2 aromatic rings. The molecular formula is C19H19BrN6O6. The molecule has 13 heteroatoms. The average Bonchev–Trinajstić information content (AvgIpc) is 3.25. The van der Waals surface area contributed by atoms with Gasteiger partial charge >= 0.3 is 5.69 Å². The second-order valence-corrected chi connectivity index (χ2v) is 7.79. The smallest absolute Gasteiger partial charge is 0.304 e. The van der Waals surface area contributed by atoms with E-state index in [1.807, 2.05) is 0 Å². The number of azo groups is 1. The van der Waals surface area contributed by atoms with Gasteiger partial charge in [0.25, 0.3) is 5.69 Å². The Balaban J connectivity index is 1.90. The molecule has 1 heterocycles. The highest BCUT2D eigenvalue weighted by Crippen LogP contribution is 2.40. The van der Waals surface area contributed by atoms with Gasteiger partial charge < -0.3 is 15.4 Å². The van der Waals surface area contributed by atoms with Crippen molar-refractivity contribution in [3.63, 3.8) is 0 Å². The number of nitrogens with one attached hydrogen (secondary N) is 2. The zero-order valence-electron chi connectivity index (χ0n) is 16.9. The standard InChI is InChI=1S/C19H19BrN6O6/c1-11(27)22-17-7-12(21-10-14-3-2-6-32-14)4-5-16(17)23-24-19-15(20)8-13(25(28)29)9-18(19)26(30)31/h4-5,7-9,14,21H,2-3,6,10H2,1H3,(H,22,27). The van der Waals surface area contributed by atoms with Gasteiger partial charge in [-0.3, -0.25) is 25.0 Å². The second kappa shape index (κ2) is 10.2. The summed E-state index contributed by atoms with van der Waals surface area (Å²) in [6.07, 6.45) is 2.12. The van der Waals surface area contributed by atoms with E-state index in [0.29, 0.717) is 12.2 Å². The quantitative estimate of drug-likeness (QED) is 0.281. The molecule has 0 aliphatic carbocycles. The van der Waals surface area contributed by atoms with E-state index in [9.17, 15) is 25.0 Å². The van der Waals surface area contributed by atoms with E-state index >= 15 is 0 Å². The lowest BCUT2D eigenvalue weighted by molar-refractivity contribution is -0.393. The van der Waals surface area contributed by atoms with Gasteiger partial charge in [0.2, 0.25) is 5.91 Å². The van der Waals surface area contributed by atoms with Gasteiger partial charge in [0.05, 0.1) is 32.2 Å². The Morgan fingerprint density at radius 3 is 2.62 bits per heavy atom. The molecule has 3 rings (SSSR count). The molecule has 1 amide bonds. The number of hydrogen-bond acceptors (Lipinski definition) is 9. The monoisotopic (exact) mass is 506 g/mol. The summed E-state index contributed by atoms with van der Waals surface area (Å²) in [5.41, 5.74) is 0.108. The number of carbonyl (C=O) groups is 1. The van der Waals surface area contributed by atoms with Crippen LogP contribution >= 0.6 is 15.9 Å². The number of benzene rings is 2. The summed E-state index contributed by atoms with van der Waals surface area (Å²) in [6.45, 7) is 2.70. The van der Waals surface area contributed by atoms with Crippen LogP contribution in [-0.2, 0) is 9.53 Å². The molecule has 0 bridgehead atoms. The van der Waals surface area contributed by atoms with Crippen molar-refractivity contribution in [3.05, 3.63) is 55.0 Å². The van der Waals surface area contributed by atoms with Crippen molar-refractivity contribution in [3.8, 4) is 0 Å². The van der Waals surface area contributed by atoms with Crippen LogP contribution in [0.4, 0.5) is 34.1 Å². The molecular weight excluding hydrogens is 488 g/mol. The summed E-state index contributed by atoms with van der Waals surface area (Å²) >= 11 is 3.08. The molecule has 2 N–H and O–H groups in total. The number of nitrogens with zero attached hydrogens (tertiary/aromatic N) is 4. The number of non-ortho nitro benzene ring substituents is 1. The highest BCUT2D eigenvalue weighted by atomic mass is 79.9. The summed E-state index contributed by atoms with van der Waals surface area (Å²) in [4.78, 5) is 32.5. The lowest BCUT2D eigenvalue weighted by atomic mass is 10.2. The second-order valence-electron chi connectivity index (χ2n) is 6.94. The molecule has 0 saturated carbocycles. The predicted octanol–water partition coefficient (Wildman–Crippen LogP) is 5.23. The molecule has 1 fully saturated rings. The van der Waals surface area contributed by atoms with E-state index in [0.717, 1.165) is 37.3 Å². The average molecular weight is 507 g/mol. The third-order valence-corrected chi connectivity index (χ3v) is 5.16. The van der Waals surface area contributed by atoms with Crippen molar-refractivity contribution in [2.24, 2.45) is 10.2 Å². The number of nitro benzene ring substituents is 2. The van der Waals surface area contributed by atoms with Gasteiger partial charge in [0.1, 0.15) is 5.69 Å². The van der Waals surface area contributed by atoms with Crippen molar-refractivity contribution in [2.45, 2.75) is 25.9 Å². The predicted molar refractivity (Wildman–Crippen MR) is 120 cm³/mol. The van der Waals surface area contributed by atoms with Gasteiger partial charge in [0.15, 0.2) is 5.69 Å². The van der Waals surface area contributed by atoms with Gasteiger partial charge in [-0.05, 0) is 47.0 Å². The normalized spacial score (nSPS) is 15.6. The van der Waals surface area contributed by atoms with Crippen molar-refractivity contribution >= 4 is 56.0 Å². The lowest BCUT2D eigenvalue weighted by Crippen LogP contribution is -2.18. The maximum Gasteiger partial charge on any atom is 0.304 e. The maximum atomic E-state index is 11.6. The maximum absolute atomic E-state index is 11.6. The molecule has 1 atom stereocenters. The lowest BCUT2D eigenvalue weighted by Gasteiger charge is -2.14. The highest BCUT2D eigenvalue weighted by Gasteiger charge is 2.23.